The fourth-order valence-electron chi connectivity index (χ4n) is 1.83. The van der Waals surface area contributed by atoms with Gasteiger partial charge in [-0.2, -0.15) is 0 Å². The molecule has 0 aliphatic carbocycles. The number of hydrogen-bond acceptors (Lipinski definition) is 4. The Morgan fingerprint density at radius 2 is 2.16 bits per heavy atom. The van der Waals surface area contributed by atoms with Gasteiger partial charge < -0.3 is 21.1 Å². The van der Waals surface area contributed by atoms with Gasteiger partial charge in [0.2, 0.25) is 0 Å². The van der Waals surface area contributed by atoms with E-state index in [1.807, 2.05) is 19.0 Å². The summed E-state index contributed by atoms with van der Waals surface area (Å²) in [5, 5.41) is 12.8. The van der Waals surface area contributed by atoms with Crippen LogP contribution in [0.3, 0.4) is 0 Å². The number of aliphatic hydroxyl groups is 1. The summed E-state index contributed by atoms with van der Waals surface area (Å²) in [6, 6.07) is 5.10. The van der Waals surface area contributed by atoms with E-state index in [-0.39, 0.29) is 12.5 Å². The molecule has 106 valence electrons. The SMILES string of the molecule is CN(C)CC(C)(O)CNC(=O)c1cccc(N)c1Br. The van der Waals surface area contributed by atoms with Crippen LogP contribution in [0.2, 0.25) is 0 Å². The van der Waals surface area contributed by atoms with Crippen LogP contribution in [0.4, 0.5) is 5.69 Å². The molecule has 1 rings (SSSR count). The number of amides is 1. The van der Waals surface area contributed by atoms with Crippen LogP contribution >= 0.6 is 15.9 Å². The smallest absolute Gasteiger partial charge is 0.252 e. The molecule has 0 bridgehead atoms. The molecule has 0 saturated carbocycles. The summed E-state index contributed by atoms with van der Waals surface area (Å²) in [6.45, 7) is 2.32. The predicted octanol–water partition coefficient (Wildman–Crippen LogP) is 1.07. The van der Waals surface area contributed by atoms with E-state index in [1.54, 1.807) is 25.1 Å². The van der Waals surface area contributed by atoms with Crippen molar-refractivity contribution in [3.05, 3.63) is 28.2 Å². The highest BCUT2D eigenvalue weighted by Gasteiger charge is 2.23. The average molecular weight is 330 g/mol. The summed E-state index contributed by atoms with van der Waals surface area (Å²) in [7, 11) is 3.73. The molecule has 1 unspecified atom stereocenters. The van der Waals surface area contributed by atoms with Gasteiger partial charge in [0, 0.05) is 18.8 Å². The molecule has 0 aromatic heterocycles. The van der Waals surface area contributed by atoms with Crippen molar-refractivity contribution in [2.75, 3.05) is 32.9 Å². The molecular formula is C13H20BrN3O2. The summed E-state index contributed by atoms with van der Waals surface area (Å²) < 4.78 is 0.569. The van der Waals surface area contributed by atoms with E-state index < -0.39 is 5.60 Å². The van der Waals surface area contributed by atoms with Crippen molar-refractivity contribution in [1.29, 1.82) is 0 Å². The predicted molar refractivity (Wildman–Crippen MR) is 80.1 cm³/mol. The maximum Gasteiger partial charge on any atom is 0.252 e. The number of rotatable bonds is 5. The summed E-state index contributed by atoms with van der Waals surface area (Å²) in [4.78, 5) is 13.9. The number of nitrogens with zero attached hydrogens (tertiary/aromatic N) is 1. The minimum atomic E-state index is -0.980. The molecule has 1 aromatic carbocycles. The van der Waals surface area contributed by atoms with Crippen LogP contribution in [-0.2, 0) is 0 Å². The van der Waals surface area contributed by atoms with Gasteiger partial charge in [-0.1, -0.05) is 6.07 Å². The first-order valence-electron chi connectivity index (χ1n) is 5.92. The van der Waals surface area contributed by atoms with Crippen molar-refractivity contribution >= 4 is 27.5 Å². The molecule has 1 atom stereocenters. The quantitative estimate of drug-likeness (QED) is 0.706. The van der Waals surface area contributed by atoms with Crippen molar-refractivity contribution in [3.8, 4) is 0 Å². The van der Waals surface area contributed by atoms with Gasteiger partial charge in [0.1, 0.15) is 0 Å². The van der Waals surface area contributed by atoms with Gasteiger partial charge >= 0.3 is 0 Å². The summed E-state index contributed by atoms with van der Waals surface area (Å²) in [6.07, 6.45) is 0. The number of halogens is 1. The van der Waals surface area contributed by atoms with Crippen LogP contribution in [0.25, 0.3) is 0 Å². The average Bonchev–Trinajstić information content (AvgIpc) is 2.28. The standard InChI is InChI=1S/C13H20BrN3O2/c1-13(19,8-17(2)3)7-16-12(18)9-5-4-6-10(15)11(9)14/h4-6,19H,7-8,15H2,1-3H3,(H,16,18). The van der Waals surface area contributed by atoms with Gasteiger partial charge in [-0.05, 0) is 49.1 Å². The Labute approximate surface area is 121 Å². The van der Waals surface area contributed by atoms with Gasteiger partial charge in [0.25, 0.3) is 5.91 Å². The fourth-order valence-corrected chi connectivity index (χ4v) is 2.27. The highest BCUT2D eigenvalue weighted by Crippen LogP contribution is 2.23. The van der Waals surface area contributed by atoms with Crippen molar-refractivity contribution in [3.63, 3.8) is 0 Å². The fraction of sp³-hybridized carbons (Fsp3) is 0.462. The van der Waals surface area contributed by atoms with Crippen LogP contribution in [0, 0.1) is 0 Å². The van der Waals surface area contributed by atoms with Crippen LogP contribution < -0.4 is 11.1 Å². The minimum Gasteiger partial charge on any atom is -0.398 e. The Bertz CT molecular complexity index is 461. The maximum atomic E-state index is 12.0. The van der Waals surface area contributed by atoms with Crippen molar-refractivity contribution < 1.29 is 9.90 Å². The van der Waals surface area contributed by atoms with E-state index in [2.05, 4.69) is 21.2 Å². The van der Waals surface area contributed by atoms with E-state index in [1.165, 1.54) is 0 Å². The maximum absolute atomic E-state index is 12.0. The molecule has 5 nitrogen and oxygen atoms in total. The third-order valence-corrected chi connectivity index (χ3v) is 3.44. The van der Waals surface area contributed by atoms with Gasteiger partial charge in [-0.3, -0.25) is 4.79 Å². The summed E-state index contributed by atoms with van der Waals surface area (Å²) in [5.41, 5.74) is 5.71. The van der Waals surface area contributed by atoms with Gasteiger partial charge in [-0.25, -0.2) is 0 Å². The van der Waals surface area contributed by atoms with Gasteiger partial charge in [-0.15, -0.1) is 0 Å². The van der Waals surface area contributed by atoms with Crippen LogP contribution in [0.15, 0.2) is 22.7 Å². The molecule has 6 heteroatoms. The molecule has 1 aromatic rings. The van der Waals surface area contributed by atoms with E-state index in [0.29, 0.717) is 22.3 Å². The highest BCUT2D eigenvalue weighted by atomic mass is 79.9. The number of likely N-dealkylation sites (N-methyl/N-ethyl adjacent to an activating group) is 1. The van der Waals surface area contributed by atoms with Crippen LogP contribution in [0.1, 0.15) is 17.3 Å². The van der Waals surface area contributed by atoms with E-state index >= 15 is 0 Å². The van der Waals surface area contributed by atoms with E-state index in [9.17, 15) is 9.90 Å². The molecule has 1 amide bonds. The lowest BCUT2D eigenvalue weighted by Gasteiger charge is -2.27. The molecular weight excluding hydrogens is 310 g/mol. The van der Waals surface area contributed by atoms with Crippen molar-refractivity contribution in [2.24, 2.45) is 0 Å². The first-order chi connectivity index (χ1) is 8.73. The monoisotopic (exact) mass is 329 g/mol. The lowest BCUT2D eigenvalue weighted by atomic mass is 10.1. The van der Waals surface area contributed by atoms with Crippen molar-refractivity contribution in [1.82, 2.24) is 10.2 Å². The number of carbonyl (C=O) groups is 1. The Balaban J connectivity index is 2.68. The van der Waals surface area contributed by atoms with Gasteiger partial charge in [0.05, 0.1) is 15.6 Å². The number of nitrogens with two attached hydrogens (primary N) is 1. The van der Waals surface area contributed by atoms with Crippen LogP contribution in [-0.4, -0.2) is 48.7 Å². The number of carbonyl (C=O) groups excluding carboxylic acids is 1. The number of anilines is 1. The number of nitrogen functional groups attached to an aromatic ring is 1. The first kappa shape index (κ1) is 15.9. The zero-order chi connectivity index (χ0) is 14.6. The lowest BCUT2D eigenvalue weighted by Crippen LogP contribution is -2.47. The molecule has 0 saturated heterocycles. The van der Waals surface area contributed by atoms with Crippen molar-refractivity contribution in [2.45, 2.75) is 12.5 Å². The van der Waals surface area contributed by atoms with E-state index in [4.69, 9.17) is 5.73 Å². The lowest BCUT2D eigenvalue weighted by molar-refractivity contribution is 0.0326. The second-order valence-corrected chi connectivity index (χ2v) is 5.92. The number of benzene rings is 1. The number of hydrogen-bond donors (Lipinski definition) is 3. The third-order valence-electron chi connectivity index (χ3n) is 2.56. The topological polar surface area (TPSA) is 78.6 Å². The Kier molecular flexibility index (Phi) is 5.34. The zero-order valence-corrected chi connectivity index (χ0v) is 13.0. The Morgan fingerprint density at radius 3 is 2.74 bits per heavy atom. The molecule has 4 N–H and O–H groups in total. The van der Waals surface area contributed by atoms with Crippen LogP contribution in [0.5, 0.6) is 0 Å². The third kappa shape index (κ3) is 4.81. The molecule has 0 radical (unpaired) electrons. The largest absolute Gasteiger partial charge is 0.398 e. The van der Waals surface area contributed by atoms with E-state index in [0.717, 1.165) is 0 Å². The molecule has 0 aliphatic rings. The summed E-state index contributed by atoms with van der Waals surface area (Å²) in [5.74, 6) is -0.266. The molecule has 19 heavy (non-hydrogen) atoms. The highest BCUT2D eigenvalue weighted by molar-refractivity contribution is 9.10. The summed E-state index contributed by atoms with van der Waals surface area (Å²) >= 11 is 3.28. The second kappa shape index (κ2) is 6.36. The zero-order valence-electron chi connectivity index (χ0n) is 11.4. The molecule has 0 aliphatic heterocycles. The molecule has 0 spiro atoms. The molecule has 0 heterocycles. The minimum absolute atomic E-state index is 0.172. The van der Waals surface area contributed by atoms with Gasteiger partial charge in [0.15, 0.2) is 0 Å². The normalized spacial score (nSPS) is 14.2. The Morgan fingerprint density at radius 1 is 1.53 bits per heavy atom. The molecule has 0 fully saturated rings. The first-order valence-corrected chi connectivity index (χ1v) is 6.71. The second-order valence-electron chi connectivity index (χ2n) is 5.13. The number of nitrogens with one attached hydrogen (secondary N) is 1. The Hall–Kier alpha value is -1.11.